The molecule has 4 rings (SSSR count). The average molecular weight is 442 g/mol. The van der Waals surface area contributed by atoms with Gasteiger partial charge in [-0.1, -0.05) is 13.3 Å². The molecule has 176 valence electrons. The minimum absolute atomic E-state index is 0.0201. The maximum atomic E-state index is 13.4. The SMILES string of the molecule is CCCC(C)Nc1ncc2c(=O)n(CC3CCN(C)CC3)cc([C@H]3CC[C@H](O)CC3)c2n1. The van der Waals surface area contributed by atoms with E-state index in [1.165, 1.54) is 0 Å². The number of rotatable bonds is 7. The summed E-state index contributed by atoms with van der Waals surface area (Å²) in [7, 11) is 2.17. The highest BCUT2D eigenvalue weighted by Crippen LogP contribution is 2.35. The van der Waals surface area contributed by atoms with E-state index in [0.29, 0.717) is 23.2 Å². The first-order chi connectivity index (χ1) is 15.4. The van der Waals surface area contributed by atoms with Crippen molar-refractivity contribution in [1.29, 1.82) is 0 Å². The third-order valence-corrected chi connectivity index (χ3v) is 7.38. The van der Waals surface area contributed by atoms with Crippen LogP contribution in [0.3, 0.4) is 0 Å². The smallest absolute Gasteiger partial charge is 0.261 e. The van der Waals surface area contributed by atoms with E-state index in [1.54, 1.807) is 6.20 Å². The van der Waals surface area contributed by atoms with Gasteiger partial charge in [0.2, 0.25) is 5.95 Å². The van der Waals surface area contributed by atoms with Gasteiger partial charge >= 0.3 is 0 Å². The van der Waals surface area contributed by atoms with E-state index in [9.17, 15) is 9.90 Å². The summed E-state index contributed by atoms with van der Waals surface area (Å²) in [5, 5.41) is 14.0. The largest absolute Gasteiger partial charge is 0.393 e. The van der Waals surface area contributed by atoms with Crippen molar-refractivity contribution >= 4 is 16.9 Å². The summed E-state index contributed by atoms with van der Waals surface area (Å²) in [6, 6.07) is 0.288. The number of aromatic nitrogens is 3. The van der Waals surface area contributed by atoms with Gasteiger partial charge in [0.05, 0.1) is 17.0 Å². The Morgan fingerprint density at radius 3 is 2.59 bits per heavy atom. The molecule has 1 atom stereocenters. The molecule has 1 saturated heterocycles. The standard InChI is InChI=1S/C25H39N5O2/c1-4-5-17(2)27-25-26-14-21-23(28-25)22(19-6-8-20(31)9-7-19)16-30(24(21)32)15-18-10-12-29(3)13-11-18/h14,16-20,31H,4-13,15H2,1-3H3,(H,26,27,28)/t17?,19-,20-. The molecular formula is C25H39N5O2. The van der Waals surface area contributed by atoms with Crippen LogP contribution in [-0.4, -0.2) is 56.8 Å². The summed E-state index contributed by atoms with van der Waals surface area (Å²) < 4.78 is 1.93. The Morgan fingerprint density at radius 1 is 1.19 bits per heavy atom. The molecule has 7 heteroatoms. The average Bonchev–Trinajstić information content (AvgIpc) is 2.78. The fraction of sp³-hybridized carbons (Fsp3) is 0.720. The fourth-order valence-electron chi connectivity index (χ4n) is 5.34. The molecule has 0 bridgehead atoms. The second-order valence-corrected chi connectivity index (χ2v) is 10.1. The first-order valence-electron chi connectivity index (χ1n) is 12.5. The van der Waals surface area contributed by atoms with Gasteiger partial charge in [0.25, 0.3) is 5.56 Å². The van der Waals surface area contributed by atoms with Gasteiger partial charge in [0.1, 0.15) is 0 Å². The predicted molar refractivity (Wildman–Crippen MR) is 129 cm³/mol. The van der Waals surface area contributed by atoms with E-state index in [-0.39, 0.29) is 17.7 Å². The van der Waals surface area contributed by atoms with E-state index in [1.807, 2.05) is 4.57 Å². The molecule has 1 saturated carbocycles. The molecule has 0 amide bonds. The molecule has 1 aliphatic heterocycles. The number of nitrogens with zero attached hydrogens (tertiary/aromatic N) is 4. The van der Waals surface area contributed by atoms with Crippen molar-refractivity contribution in [2.24, 2.45) is 5.92 Å². The molecule has 2 N–H and O–H groups in total. The molecule has 0 radical (unpaired) electrons. The number of hydrogen-bond donors (Lipinski definition) is 2. The minimum Gasteiger partial charge on any atom is -0.393 e. The molecule has 0 aromatic carbocycles. The summed E-state index contributed by atoms with van der Waals surface area (Å²) in [4.78, 5) is 25.1. The topological polar surface area (TPSA) is 83.3 Å². The third kappa shape index (κ3) is 5.31. The molecule has 2 aromatic rings. The lowest BCUT2D eigenvalue weighted by atomic mass is 9.82. The first-order valence-corrected chi connectivity index (χ1v) is 12.5. The number of fused-ring (bicyclic) bond motifs is 1. The molecule has 0 spiro atoms. The highest BCUT2D eigenvalue weighted by Gasteiger charge is 2.26. The van der Waals surface area contributed by atoms with Crippen molar-refractivity contribution in [3.63, 3.8) is 0 Å². The lowest BCUT2D eigenvalue weighted by molar-refractivity contribution is 0.122. The Morgan fingerprint density at radius 2 is 1.91 bits per heavy atom. The normalized spacial score (nSPS) is 24.0. The summed E-state index contributed by atoms with van der Waals surface area (Å²) >= 11 is 0. The summed E-state index contributed by atoms with van der Waals surface area (Å²) in [6.07, 6.45) is 11.5. The fourth-order valence-corrected chi connectivity index (χ4v) is 5.34. The molecule has 2 aromatic heterocycles. The van der Waals surface area contributed by atoms with Gasteiger partial charge in [0.15, 0.2) is 0 Å². The molecule has 7 nitrogen and oxygen atoms in total. The van der Waals surface area contributed by atoms with Gasteiger partial charge in [-0.15, -0.1) is 0 Å². The van der Waals surface area contributed by atoms with Crippen LogP contribution in [0.2, 0.25) is 0 Å². The summed E-state index contributed by atoms with van der Waals surface area (Å²) in [5.41, 5.74) is 1.96. The molecule has 1 aliphatic carbocycles. The number of anilines is 1. The van der Waals surface area contributed by atoms with Crippen LogP contribution in [-0.2, 0) is 6.54 Å². The Bertz CT molecular complexity index is 959. The van der Waals surface area contributed by atoms with Gasteiger partial charge in [-0.3, -0.25) is 4.79 Å². The van der Waals surface area contributed by atoms with Crippen LogP contribution in [0.15, 0.2) is 17.2 Å². The molecule has 2 fully saturated rings. The van der Waals surface area contributed by atoms with Gasteiger partial charge < -0.3 is 19.9 Å². The van der Waals surface area contributed by atoms with Crippen molar-refractivity contribution in [3.05, 3.63) is 28.3 Å². The van der Waals surface area contributed by atoms with Crippen LogP contribution >= 0.6 is 0 Å². The third-order valence-electron chi connectivity index (χ3n) is 7.38. The van der Waals surface area contributed by atoms with Crippen molar-refractivity contribution in [2.75, 3.05) is 25.5 Å². The van der Waals surface area contributed by atoms with Gasteiger partial charge in [-0.05, 0) is 89.4 Å². The molecule has 3 heterocycles. The number of aliphatic hydroxyl groups excluding tert-OH is 1. The second kappa shape index (κ2) is 10.3. The summed E-state index contributed by atoms with van der Waals surface area (Å²) in [6.45, 7) is 7.25. The van der Waals surface area contributed by atoms with Crippen molar-refractivity contribution in [1.82, 2.24) is 19.4 Å². The Labute approximate surface area is 191 Å². The minimum atomic E-state index is -0.204. The number of piperidine rings is 1. The quantitative estimate of drug-likeness (QED) is 0.681. The number of hydrogen-bond acceptors (Lipinski definition) is 6. The van der Waals surface area contributed by atoms with Crippen molar-refractivity contribution in [2.45, 2.75) is 89.8 Å². The predicted octanol–water partition coefficient (Wildman–Crippen LogP) is 3.75. The second-order valence-electron chi connectivity index (χ2n) is 10.1. The number of likely N-dealkylation sites (tertiary alicyclic amines) is 1. The van der Waals surface area contributed by atoms with E-state index in [0.717, 1.165) is 82.1 Å². The number of nitrogens with one attached hydrogen (secondary N) is 1. The number of pyridine rings is 1. The van der Waals surface area contributed by atoms with Crippen molar-refractivity contribution in [3.8, 4) is 0 Å². The van der Waals surface area contributed by atoms with Gasteiger partial charge in [0, 0.05) is 25.0 Å². The lowest BCUT2D eigenvalue weighted by Crippen LogP contribution is -2.34. The van der Waals surface area contributed by atoms with Gasteiger partial charge in [-0.25, -0.2) is 9.97 Å². The molecular weight excluding hydrogens is 402 g/mol. The lowest BCUT2D eigenvalue weighted by Gasteiger charge is -2.30. The van der Waals surface area contributed by atoms with Crippen LogP contribution in [0.25, 0.3) is 10.9 Å². The van der Waals surface area contributed by atoms with E-state index in [4.69, 9.17) is 4.98 Å². The maximum Gasteiger partial charge on any atom is 0.261 e. The molecule has 2 aliphatic rings. The monoisotopic (exact) mass is 441 g/mol. The van der Waals surface area contributed by atoms with E-state index < -0.39 is 0 Å². The van der Waals surface area contributed by atoms with Crippen LogP contribution in [0.1, 0.15) is 76.7 Å². The van der Waals surface area contributed by atoms with Crippen LogP contribution in [0.5, 0.6) is 0 Å². The van der Waals surface area contributed by atoms with E-state index in [2.05, 4.69) is 42.3 Å². The zero-order valence-corrected chi connectivity index (χ0v) is 19.9. The van der Waals surface area contributed by atoms with Crippen LogP contribution in [0.4, 0.5) is 5.95 Å². The van der Waals surface area contributed by atoms with Gasteiger partial charge in [-0.2, -0.15) is 0 Å². The molecule has 32 heavy (non-hydrogen) atoms. The Balaban J connectivity index is 1.70. The van der Waals surface area contributed by atoms with Crippen LogP contribution < -0.4 is 10.9 Å². The van der Waals surface area contributed by atoms with E-state index >= 15 is 0 Å². The van der Waals surface area contributed by atoms with Crippen molar-refractivity contribution < 1.29 is 5.11 Å². The highest BCUT2D eigenvalue weighted by atomic mass is 16.3. The highest BCUT2D eigenvalue weighted by molar-refractivity contribution is 5.81. The zero-order chi connectivity index (χ0) is 22.7. The summed E-state index contributed by atoms with van der Waals surface area (Å²) in [5.74, 6) is 1.45. The maximum absolute atomic E-state index is 13.4. The first kappa shape index (κ1) is 23.2. The zero-order valence-electron chi connectivity index (χ0n) is 19.9. The Hall–Kier alpha value is -1.99. The van der Waals surface area contributed by atoms with Crippen LogP contribution in [0, 0.1) is 5.92 Å². The Kier molecular flexibility index (Phi) is 7.46. The number of aliphatic hydroxyl groups is 1. The molecule has 1 unspecified atom stereocenters.